The molecule has 4 N–H and O–H groups in total. The van der Waals surface area contributed by atoms with Gasteiger partial charge in [0, 0.05) is 6.54 Å². The molecule has 3 aromatic rings. The van der Waals surface area contributed by atoms with Crippen molar-refractivity contribution in [1.29, 1.82) is 0 Å². The number of aliphatic hydroxyl groups excluding tert-OH is 4. The maximum absolute atomic E-state index is 10.4. The van der Waals surface area contributed by atoms with Crippen LogP contribution >= 0.6 is 11.8 Å². The van der Waals surface area contributed by atoms with Crippen LogP contribution in [0.4, 0.5) is 0 Å². The second-order valence-corrected chi connectivity index (χ2v) is 8.43. The summed E-state index contributed by atoms with van der Waals surface area (Å²) >= 11 is 1.16. The van der Waals surface area contributed by atoms with E-state index in [0.29, 0.717) is 18.3 Å². The summed E-state index contributed by atoms with van der Waals surface area (Å²) in [6, 6.07) is 17.3. The van der Waals surface area contributed by atoms with E-state index in [-0.39, 0.29) is 0 Å². The summed E-state index contributed by atoms with van der Waals surface area (Å²) in [7, 11) is 0. The van der Waals surface area contributed by atoms with Crippen LogP contribution < -0.4 is 4.74 Å². The summed E-state index contributed by atoms with van der Waals surface area (Å²) in [6.45, 7) is 0.697. The molecule has 8 nitrogen and oxygen atoms in total. The van der Waals surface area contributed by atoms with Crippen molar-refractivity contribution in [2.45, 2.75) is 48.0 Å². The lowest BCUT2D eigenvalue weighted by atomic mass is 10.0. The van der Waals surface area contributed by atoms with E-state index < -0.39 is 36.5 Å². The van der Waals surface area contributed by atoms with Gasteiger partial charge in [0.1, 0.15) is 35.6 Å². The molecule has 31 heavy (non-hydrogen) atoms. The van der Waals surface area contributed by atoms with E-state index in [1.165, 1.54) is 0 Å². The second-order valence-electron chi connectivity index (χ2n) is 7.36. The highest BCUT2D eigenvalue weighted by atomic mass is 32.2. The highest BCUT2D eigenvalue weighted by Gasteiger charge is 2.44. The fraction of sp³-hybridized carbons (Fsp3) is 0.409. The molecule has 1 aromatic heterocycles. The molecule has 1 fully saturated rings. The number of imidazole rings is 1. The van der Waals surface area contributed by atoms with Crippen LogP contribution in [-0.2, 0) is 11.3 Å². The van der Waals surface area contributed by atoms with Crippen molar-refractivity contribution in [2.75, 3.05) is 13.2 Å². The Morgan fingerprint density at radius 3 is 2.48 bits per heavy atom. The Balaban J connectivity index is 1.49. The number of rotatable bonds is 8. The van der Waals surface area contributed by atoms with Crippen LogP contribution in [0.15, 0.2) is 59.8 Å². The minimum atomic E-state index is -1.42. The van der Waals surface area contributed by atoms with Gasteiger partial charge in [-0.3, -0.25) is 0 Å². The van der Waals surface area contributed by atoms with Crippen LogP contribution in [0, 0.1) is 0 Å². The fourth-order valence-electron chi connectivity index (χ4n) is 3.56. The van der Waals surface area contributed by atoms with Gasteiger partial charge in [-0.25, -0.2) is 4.98 Å². The van der Waals surface area contributed by atoms with Crippen LogP contribution in [-0.4, -0.2) is 73.0 Å². The third-order valence-electron chi connectivity index (χ3n) is 5.23. The SMILES string of the molecule is OCC1OC(Sc2nc3ccccc3n2CCCOc2ccccc2)C(O)C(O)C1O. The van der Waals surface area contributed by atoms with Crippen LogP contribution in [0.2, 0.25) is 0 Å². The van der Waals surface area contributed by atoms with E-state index >= 15 is 0 Å². The van der Waals surface area contributed by atoms with E-state index in [1.807, 2.05) is 59.2 Å². The lowest BCUT2D eigenvalue weighted by molar-refractivity contribution is -0.205. The van der Waals surface area contributed by atoms with Gasteiger partial charge in [-0.15, -0.1) is 0 Å². The molecule has 0 bridgehead atoms. The maximum Gasteiger partial charge on any atom is 0.171 e. The number of thioether (sulfide) groups is 1. The average molecular weight is 447 g/mol. The summed E-state index contributed by atoms with van der Waals surface area (Å²) in [5, 5.41) is 40.5. The number of hydrogen-bond donors (Lipinski definition) is 4. The van der Waals surface area contributed by atoms with E-state index in [2.05, 4.69) is 4.98 Å². The van der Waals surface area contributed by atoms with Crippen LogP contribution in [0.25, 0.3) is 11.0 Å². The number of aromatic nitrogens is 2. The van der Waals surface area contributed by atoms with Gasteiger partial charge >= 0.3 is 0 Å². The Kier molecular flexibility index (Phi) is 7.11. The Morgan fingerprint density at radius 2 is 1.71 bits per heavy atom. The first-order valence-corrected chi connectivity index (χ1v) is 11.1. The molecule has 4 rings (SSSR count). The van der Waals surface area contributed by atoms with Gasteiger partial charge in [0.25, 0.3) is 0 Å². The second kappa shape index (κ2) is 9.99. The number of hydrogen-bond acceptors (Lipinski definition) is 8. The molecule has 0 amide bonds. The van der Waals surface area contributed by atoms with E-state index in [0.717, 1.165) is 35.0 Å². The smallest absolute Gasteiger partial charge is 0.171 e. The first-order valence-electron chi connectivity index (χ1n) is 10.2. The fourth-order valence-corrected chi connectivity index (χ4v) is 4.73. The van der Waals surface area contributed by atoms with Crippen molar-refractivity contribution < 1.29 is 29.9 Å². The first kappa shape index (κ1) is 22.1. The monoisotopic (exact) mass is 446 g/mol. The van der Waals surface area contributed by atoms with Gasteiger partial charge in [-0.05, 0) is 30.7 Å². The lowest BCUT2D eigenvalue weighted by Gasteiger charge is -2.39. The predicted molar refractivity (Wildman–Crippen MR) is 116 cm³/mol. The number of nitrogens with zero attached hydrogens (tertiary/aromatic N) is 2. The number of fused-ring (bicyclic) bond motifs is 1. The summed E-state index contributed by atoms with van der Waals surface area (Å²) < 4.78 is 13.5. The molecule has 1 aliphatic heterocycles. The minimum Gasteiger partial charge on any atom is -0.494 e. The highest BCUT2D eigenvalue weighted by Crippen LogP contribution is 2.34. The minimum absolute atomic E-state index is 0.463. The Morgan fingerprint density at radius 1 is 0.968 bits per heavy atom. The van der Waals surface area contributed by atoms with Crippen LogP contribution in [0.5, 0.6) is 5.75 Å². The van der Waals surface area contributed by atoms with Gasteiger partial charge < -0.3 is 34.5 Å². The van der Waals surface area contributed by atoms with Gasteiger partial charge in [0.2, 0.25) is 0 Å². The Bertz CT molecular complexity index is 983. The van der Waals surface area contributed by atoms with Crippen LogP contribution in [0.1, 0.15) is 6.42 Å². The molecule has 166 valence electrons. The standard InChI is InChI=1S/C22H26N2O6S/c25-13-17-18(26)19(27)20(28)21(30-17)31-22-23-15-9-4-5-10-16(15)24(22)11-6-12-29-14-7-2-1-3-8-14/h1-5,7-10,17-21,25-28H,6,11-13H2. The molecule has 0 spiro atoms. The molecular formula is C22H26N2O6S. The number of benzene rings is 2. The molecule has 2 aromatic carbocycles. The molecule has 1 saturated heterocycles. The zero-order valence-electron chi connectivity index (χ0n) is 16.8. The molecular weight excluding hydrogens is 420 g/mol. The molecule has 0 radical (unpaired) electrons. The molecule has 0 aliphatic carbocycles. The number of ether oxygens (including phenoxy) is 2. The Labute approximate surface area is 184 Å². The van der Waals surface area contributed by atoms with Gasteiger partial charge in [0.05, 0.1) is 24.2 Å². The van der Waals surface area contributed by atoms with E-state index in [1.54, 1.807) is 0 Å². The summed E-state index contributed by atoms with van der Waals surface area (Å²) in [6.07, 6.45) is -4.34. The Hall–Kier alpha value is -2.14. The quantitative estimate of drug-likeness (QED) is 0.384. The molecule has 9 heteroatoms. The van der Waals surface area contributed by atoms with Crippen molar-refractivity contribution in [3.63, 3.8) is 0 Å². The van der Waals surface area contributed by atoms with Gasteiger partial charge in [-0.1, -0.05) is 42.1 Å². The lowest BCUT2D eigenvalue weighted by Crippen LogP contribution is -2.57. The molecule has 0 saturated carbocycles. The maximum atomic E-state index is 10.4. The molecule has 5 unspecified atom stereocenters. The summed E-state index contributed by atoms with van der Waals surface area (Å²) in [5.74, 6) is 0.814. The third-order valence-corrected chi connectivity index (χ3v) is 6.37. The zero-order valence-corrected chi connectivity index (χ0v) is 17.6. The number of aryl methyl sites for hydroxylation is 1. The van der Waals surface area contributed by atoms with Crippen molar-refractivity contribution >= 4 is 22.8 Å². The molecule has 5 atom stereocenters. The number of para-hydroxylation sites is 3. The number of aliphatic hydroxyl groups is 4. The summed E-state index contributed by atoms with van der Waals surface area (Å²) in [5.41, 5.74) is 0.861. The van der Waals surface area contributed by atoms with E-state index in [9.17, 15) is 20.4 Å². The largest absolute Gasteiger partial charge is 0.494 e. The topological polar surface area (TPSA) is 117 Å². The molecule has 1 aliphatic rings. The van der Waals surface area contributed by atoms with Crippen molar-refractivity contribution in [1.82, 2.24) is 9.55 Å². The normalized spacial score (nSPS) is 26.3. The van der Waals surface area contributed by atoms with Crippen LogP contribution in [0.3, 0.4) is 0 Å². The summed E-state index contributed by atoms with van der Waals surface area (Å²) in [4.78, 5) is 4.66. The van der Waals surface area contributed by atoms with Crippen molar-refractivity contribution in [3.8, 4) is 5.75 Å². The van der Waals surface area contributed by atoms with Gasteiger partial charge in [-0.2, -0.15) is 0 Å². The third kappa shape index (κ3) is 4.87. The van der Waals surface area contributed by atoms with Crippen molar-refractivity contribution in [3.05, 3.63) is 54.6 Å². The first-order chi connectivity index (χ1) is 15.1. The van der Waals surface area contributed by atoms with Gasteiger partial charge in [0.15, 0.2) is 5.16 Å². The van der Waals surface area contributed by atoms with E-state index in [4.69, 9.17) is 9.47 Å². The zero-order chi connectivity index (χ0) is 21.8. The predicted octanol–water partition coefficient (Wildman–Crippen LogP) is 1.40. The average Bonchev–Trinajstić information content (AvgIpc) is 3.14. The van der Waals surface area contributed by atoms with Crippen molar-refractivity contribution in [2.24, 2.45) is 0 Å². The highest BCUT2D eigenvalue weighted by molar-refractivity contribution is 7.99. The molecule has 2 heterocycles.